The lowest BCUT2D eigenvalue weighted by Gasteiger charge is -2.18. The molecule has 4 nitrogen and oxygen atoms in total. The van der Waals surface area contributed by atoms with Gasteiger partial charge >= 0.3 is 0 Å². The maximum atomic E-state index is 4.05. The van der Waals surface area contributed by atoms with Crippen LogP contribution in [0.15, 0.2) is 6.20 Å². The molecule has 0 radical (unpaired) electrons. The third-order valence-corrected chi connectivity index (χ3v) is 3.84. The molecular formula is C16H32N4. The van der Waals surface area contributed by atoms with Crippen LogP contribution < -0.4 is 5.32 Å². The Morgan fingerprint density at radius 1 is 1.05 bits per heavy atom. The lowest BCUT2D eigenvalue weighted by atomic mass is 10.0. The highest BCUT2D eigenvalue weighted by atomic mass is 15.4. The number of nitrogens with zero attached hydrogens (tertiary/aromatic N) is 3. The van der Waals surface area contributed by atoms with Gasteiger partial charge in [0.05, 0.1) is 17.9 Å². The first-order valence-electron chi connectivity index (χ1n) is 8.37. The molecule has 0 aromatic carbocycles. The molecule has 1 N–H and O–H groups in total. The molecule has 0 saturated carbocycles. The Kier molecular flexibility index (Phi) is 9.29. The van der Waals surface area contributed by atoms with Crippen molar-refractivity contribution in [2.75, 3.05) is 6.54 Å². The van der Waals surface area contributed by atoms with Gasteiger partial charge < -0.3 is 5.32 Å². The minimum absolute atomic E-state index is 0.408. The van der Waals surface area contributed by atoms with E-state index < -0.39 is 0 Å². The molecule has 116 valence electrons. The highest BCUT2D eigenvalue weighted by molar-refractivity contribution is 5.01. The third kappa shape index (κ3) is 6.51. The summed E-state index contributed by atoms with van der Waals surface area (Å²) in [5.74, 6) is 0. The molecule has 0 bridgehead atoms. The summed E-state index contributed by atoms with van der Waals surface area (Å²) in [6.45, 7) is 5.54. The maximum absolute atomic E-state index is 4.05. The fourth-order valence-corrected chi connectivity index (χ4v) is 2.59. The average Bonchev–Trinajstić information content (AvgIpc) is 2.87. The second-order valence-electron chi connectivity index (χ2n) is 5.70. The second kappa shape index (κ2) is 10.8. The summed E-state index contributed by atoms with van der Waals surface area (Å²) in [7, 11) is 1.98. The molecule has 0 aliphatic carbocycles. The summed E-state index contributed by atoms with van der Waals surface area (Å²) in [5.41, 5.74) is 1.21. The number of unbranched alkanes of at least 4 members (excludes halogenated alkanes) is 6. The first-order chi connectivity index (χ1) is 9.79. The van der Waals surface area contributed by atoms with Crippen molar-refractivity contribution in [3.05, 3.63) is 11.9 Å². The first kappa shape index (κ1) is 17.2. The first-order valence-corrected chi connectivity index (χ1v) is 8.37. The molecule has 0 fully saturated rings. The molecule has 0 saturated heterocycles. The van der Waals surface area contributed by atoms with Crippen LogP contribution in [-0.2, 0) is 7.05 Å². The summed E-state index contributed by atoms with van der Waals surface area (Å²) < 4.78 is 1.90. The van der Waals surface area contributed by atoms with E-state index in [1.807, 2.05) is 17.9 Å². The highest BCUT2D eigenvalue weighted by Crippen LogP contribution is 2.19. The Morgan fingerprint density at radius 3 is 2.35 bits per heavy atom. The fraction of sp³-hybridized carbons (Fsp3) is 0.875. The fourth-order valence-electron chi connectivity index (χ4n) is 2.59. The van der Waals surface area contributed by atoms with Crippen LogP contribution >= 0.6 is 0 Å². The second-order valence-corrected chi connectivity index (χ2v) is 5.70. The molecule has 0 aliphatic rings. The maximum Gasteiger partial charge on any atom is 0.0753 e. The Morgan fingerprint density at radius 2 is 1.75 bits per heavy atom. The number of rotatable bonds is 12. The summed E-state index contributed by atoms with van der Waals surface area (Å²) >= 11 is 0. The molecule has 0 aliphatic heterocycles. The van der Waals surface area contributed by atoms with Gasteiger partial charge in [0.15, 0.2) is 0 Å². The SMILES string of the molecule is CCCCCCCCCC(NCCC)c1cnnn1C. The van der Waals surface area contributed by atoms with Crippen LogP contribution in [-0.4, -0.2) is 21.5 Å². The van der Waals surface area contributed by atoms with E-state index >= 15 is 0 Å². The van der Waals surface area contributed by atoms with Gasteiger partial charge in [-0.15, -0.1) is 5.10 Å². The Bertz CT molecular complexity index is 335. The monoisotopic (exact) mass is 280 g/mol. The molecule has 0 amide bonds. The van der Waals surface area contributed by atoms with Crippen LogP contribution in [0.4, 0.5) is 0 Å². The zero-order valence-electron chi connectivity index (χ0n) is 13.6. The van der Waals surface area contributed by atoms with Gasteiger partial charge in [0.2, 0.25) is 0 Å². The lowest BCUT2D eigenvalue weighted by Crippen LogP contribution is -2.24. The van der Waals surface area contributed by atoms with Gasteiger partial charge in [-0.2, -0.15) is 0 Å². The number of hydrogen-bond acceptors (Lipinski definition) is 3. The quantitative estimate of drug-likeness (QED) is 0.589. The van der Waals surface area contributed by atoms with E-state index in [1.165, 1.54) is 63.5 Å². The van der Waals surface area contributed by atoms with Crippen LogP contribution in [0, 0.1) is 0 Å². The van der Waals surface area contributed by atoms with E-state index in [4.69, 9.17) is 0 Å². The van der Waals surface area contributed by atoms with Gasteiger partial charge in [0, 0.05) is 7.05 Å². The lowest BCUT2D eigenvalue weighted by molar-refractivity contribution is 0.442. The molecule has 1 heterocycles. The van der Waals surface area contributed by atoms with Crippen molar-refractivity contribution < 1.29 is 0 Å². The molecule has 1 aromatic rings. The van der Waals surface area contributed by atoms with E-state index in [1.54, 1.807) is 0 Å². The van der Waals surface area contributed by atoms with Crippen molar-refractivity contribution in [1.82, 2.24) is 20.3 Å². The number of aromatic nitrogens is 3. The van der Waals surface area contributed by atoms with Gasteiger partial charge in [0.25, 0.3) is 0 Å². The van der Waals surface area contributed by atoms with Gasteiger partial charge in [-0.3, -0.25) is 4.68 Å². The molecule has 1 atom stereocenters. The van der Waals surface area contributed by atoms with Gasteiger partial charge in [-0.05, 0) is 19.4 Å². The number of nitrogens with one attached hydrogen (secondary N) is 1. The van der Waals surface area contributed by atoms with E-state index in [-0.39, 0.29) is 0 Å². The van der Waals surface area contributed by atoms with E-state index in [0.29, 0.717) is 6.04 Å². The summed E-state index contributed by atoms with van der Waals surface area (Å²) in [5, 5.41) is 11.7. The molecule has 4 heteroatoms. The summed E-state index contributed by atoms with van der Waals surface area (Å²) in [6.07, 6.45) is 13.8. The Balaban J connectivity index is 2.26. The van der Waals surface area contributed by atoms with Crippen LogP contribution in [0.5, 0.6) is 0 Å². The van der Waals surface area contributed by atoms with Crippen molar-refractivity contribution >= 4 is 0 Å². The van der Waals surface area contributed by atoms with E-state index in [0.717, 1.165) is 6.54 Å². The molecule has 1 unspecified atom stereocenters. The number of hydrogen-bond donors (Lipinski definition) is 1. The van der Waals surface area contributed by atoms with Crippen LogP contribution in [0.3, 0.4) is 0 Å². The summed E-state index contributed by atoms with van der Waals surface area (Å²) in [4.78, 5) is 0. The molecular weight excluding hydrogens is 248 g/mol. The van der Waals surface area contributed by atoms with Crippen molar-refractivity contribution in [2.24, 2.45) is 7.05 Å². The van der Waals surface area contributed by atoms with Crippen molar-refractivity contribution in [1.29, 1.82) is 0 Å². The van der Waals surface area contributed by atoms with Gasteiger partial charge in [-0.25, -0.2) is 0 Å². The smallest absolute Gasteiger partial charge is 0.0753 e. The highest BCUT2D eigenvalue weighted by Gasteiger charge is 2.14. The molecule has 1 aromatic heterocycles. The van der Waals surface area contributed by atoms with E-state index in [9.17, 15) is 0 Å². The number of aryl methyl sites for hydroxylation is 1. The zero-order valence-corrected chi connectivity index (χ0v) is 13.6. The van der Waals surface area contributed by atoms with E-state index in [2.05, 4.69) is 29.5 Å². The normalized spacial score (nSPS) is 12.8. The topological polar surface area (TPSA) is 42.7 Å². The van der Waals surface area contributed by atoms with Gasteiger partial charge in [-0.1, -0.05) is 64.0 Å². The van der Waals surface area contributed by atoms with Crippen LogP contribution in [0.25, 0.3) is 0 Å². The summed E-state index contributed by atoms with van der Waals surface area (Å²) in [6, 6.07) is 0.408. The van der Waals surface area contributed by atoms with Crippen LogP contribution in [0.2, 0.25) is 0 Å². The minimum Gasteiger partial charge on any atom is -0.309 e. The largest absolute Gasteiger partial charge is 0.309 e. The van der Waals surface area contributed by atoms with Crippen molar-refractivity contribution in [3.63, 3.8) is 0 Å². The molecule has 0 spiro atoms. The van der Waals surface area contributed by atoms with Gasteiger partial charge in [0.1, 0.15) is 0 Å². The average molecular weight is 280 g/mol. The predicted octanol–water partition coefficient (Wildman–Crippen LogP) is 4.00. The van der Waals surface area contributed by atoms with Crippen LogP contribution in [0.1, 0.15) is 83.4 Å². The molecule has 20 heavy (non-hydrogen) atoms. The van der Waals surface area contributed by atoms with Crippen molar-refractivity contribution in [2.45, 2.75) is 77.7 Å². The Hall–Kier alpha value is -0.900. The zero-order chi connectivity index (χ0) is 14.6. The minimum atomic E-state index is 0.408. The standard InChI is InChI=1S/C16H32N4/c1-4-6-7-8-9-10-11-12-15(17-13-5-2)16-14-18-19-20(16)3/h14-15,17H,4-13H2,1-3H3. The third-order valence-electron chi connectivity index (χ3n) is 3.84. The van der Waals surface area contributed by atoms with Crippen molar-refractivity contribution in [3.8, 4) is 0 Å². The molecule has 1 rings (SSSR count). The predicted molar refractivity (Wildman–Crippen MR) is 84.6 cm³/mol. The Labute approximate surface area is 124 Å².